The third-order valence-corrected chi connectivity index (χ3v) is 18.6. The first-order valence-electron chi connectivity index (χ1n) is 36.7. The number of aliphatic hydroxyl groups excluding tert-OH is 1. The molecular formula is C71H138O17P2. The van der Waals surface area contributed by atoms with Crippen molar-refractivity contribution in [2.24, 2.45) is 23.7 Å². The lowest BCUT2D eigenvalue weighted by Crippen LogP contribution is -2.30. The summed E-state index contributed by atoms with van der Waals surface area (Å²) in [6, 6.07) is 0. The summed E-state index contributed by atoms with van der Waals surface area (Å²) in [5, 5.41) is 10.6. The molecule has 90 heavy (non-hydrogen) atoms. The van der Waals surface area contributed by atoms with Gasteiger partial charge in [0, 0.05) is 25.7 Å². The van der Waals surface area contributed by atoms with Crippen molar-refractivity contribution in [3.05, 3.63) is 0 Å². The minimum Gasteiger partial charge on any atom is -0.462 e. The molecule has 3 N–H and O–H groups in total. The number of unbranched alkanes of at least 4 members (excludes halogenated alkanes) is 33. The zero-order valence-corrected chi connectivity index (χ0v) is 60.6. The van der Waals surface area contributed by atoms with Crippen LogP contribution in [0.2, 0.25) is 0 Å². The van der Waals surface area contributed by atoms with Crippen LogP contribution >= 0.6 is 15.6 Å². The van der Waals surface area contributed by atoms with Crippen molar-refractivity contribution in [1.82, 2.24) is 0 Å². The number of phosphoric acid groups is 2. The molecule has 19 heteroatoms. The Morgan fingerprint density at radius 3 is 0.789 bits per heavy atom. The number of hydrogen-bond donors (Lipinski definition) is 3. The minimum atomic E-state index is -4.95. The molecule has 0 aromatic heterocycles. The summed E-state index contributed by atoms with van der Waals surface area (Å²) in [6.45, 7) is 14.0. The van der Waals surface area contributed by atoms with Crippen LogP contribution in [0.4, 0.5) is 0 Å². The predicted molar refractivity (Wildman–Crippen MR) is 363 cm³/mol. The van der Waals surface area contributed by atoms with Gasteiger partial charge in [-0.1, -0.05) is 299 Å². The fraction of sp³-hybridized carbons (Fsp3) is 0.944. The Hall–Kier alpha value is -1.94. The monoisotopic (exact) mass is 1320 g/mol. The predicted octanol–water partition coefficient (Wildman–Crippen LogP) is 20.1. The van der Waals surface area contributed by atoms with E-state index in [1.54, 1.807) is 0 Å². The van der Waals surface area contributed by atoms with Gasteiger partial charge < -0.3 is 33.8 Å². The van der Waals surface area contributed by atoms with Gasteiger partial charge in [-0.25, -0.2) is 9.13 Å². The summed E-state index contributed by atoms with van der Waals surface area (Å²) in [7, 11) is -9.90. The first-order valence-corrected chi connectivity index (χ1v) is 39.7. The number of aliphatic hydroxyl groups is 1. The molecule has 0 saturated carbocycles. The molecule has 0 saturated heterocycles. The third-order valence-electron chi connectivity index (χ3n) is 16.7. The highest BCUT2D eigenvalue weighted by atomic mass is 31.2. The molecule has 0 bridgehead atoms. The number of ether oxygens (including phenoxy) is 4. The Labute approximate surface area is 549 Å². The molecule has 0 amide bonds. The Morgan fingerprint density at radius 1 is 0.311 bits per heavy atom. The molecule has 0 aromatic carbocycles. The summed E-state index contributed by atoms with van der Waals surface area (Å²) >= 11 is 0. The molecule has 0 aromatic rings. The van der Waals surface area contributed by atoms with Crippen LogP contribution in [0.3, 0.4) is 0 Å². The van der Waals surface area contributed by atoms with Gasteiger partial charge in [-0.05, 0) is 49.4 Å². The topological polar surface area (TPSA) is 237 Å². The lowest BCUT2D eigenvalue weighted by Gasteiger charge is -2.21. The average molecular weight is 1330 g/mol. The van der Waals surface area contributed by atoms with Gasteiger partial charge in [-0.2, -0.15) is 0 Å². The third kappa shape index (κ3) is 63.5. The molecule has 6 atom stereocenters. The lowest BCUT2D eigenvalue weighted by atomic mass is 10.00. The van der Waals surface area contributed by atoms with Crippen LogP contribution < -0.4 is 0 Å². The molecule has 0 spiro atoms. The highest BCUT2D eigenvalue weighted by Gasteiger charge is 2.30. The molecule has 0 aliphatic carbocycles. The summed E-state index contributed by atoms with van der Waals surface area (Å²) in [5.41, 5.74) is 0. The molecule has 0 fully saturated rings. The van der Waals surface area contributed by atoms with Crippen molar-refractivity contribution in [2.75, 3.05) is 39.6 Å². The van der Waals surface area contributed by atoms with Gasteiger partial charge in [0.15, 0.2) is 12.2 Å². The van der Waals surface area contributed by atoms with Crippen LogP contribution in [-0.2, 0) is 65.4 Å². The Bertz CT molecular complexity index is 1780. The van der Waals surface area contributed by atoms with Crippen molar-refractivity contribution in [3.63, 3.8) is 0 Å². The molecule has 0 radical (unpaired) electrons. The zero-order chi connectivity index (χ0) is 66.8. The first-order chi connectivity index (χ1) is 43.1. The summed E-state index contributed by atoms with van der Waals surface area (Å²) in [4.78, 5) is 72.4. The smallest absolute Gasteiger partial charge is 0.462 e. The van der Waals surface area contributed by atoms with Crippen LogP contribution in [0.1, 0.15) is 351 Å². The second kappa shape index (κ2) is 60.7. The molecule has 17 nitrogen and oxygen atoms in total. The summed E-state index contributed by atoms with van der Waals surface area (Å²) in [6.07, 6.45) is 43.6. The average Bonchev–Trinajstić information content (AvgIpc) is 3.68. The standard InChI is InChI=1S/C71H138O17P2/c1-9-64(8)50-42-34-28-30-36-44-52-69(74)82-58-66(87-70(75)53-45-37-26-22-24-32-40-48-62(4)5)59-85-89(77,78)83-55-65(72)56-84-90(79,80)86-60-67(88-71(76)54-46-38-29-27-33-41-49-63(6)7)57-81-68(73)51-43-35-25-21-19-17-15-13-11-10-12-14-16-18-20-23-31-39-47-61(2)3/h61-67,72H,9-60H2,1-8H3,(H,77,78)(H,79,80)/t64?,65-,66+,67+/m0/s1. The van der Waals surface area contributed by atoms with E-state index in [1.807, 2.05) is 0 Å². The van der Waals surface area contributed by atoms with Crippen molar-refractivity contribution in [2.45, 2.75) is 369 Å². The molecule has 0 aliphatic rings. The number of hydrogen-bond acceptors (Lipinski definition) is 15. The van der Waals surface area contributed by atoms with Gasteiger partial charge in [0.25, 0.3) is 0 Å². The number of esters is 4. The van der Waals surface area contributed by atoms with Gasteiger partial charge in [-0.3, -0.25) is 37.3 Å². The summed E-state index contributed by atoms with van der Waals surface area (Å²) < 4.78 is 68.2. The first kappa shape index (κ1) is 88.1. The lowest BCUT2D eigenvalue weighted by molar-refractivity contribution is -0.161. The second-order valence-corrected chi connectivity index (χ2v) is 30.2. The van der Waals surface area contributed by atoms with E-state index >= 15 is 0 Å². The van der Waals surface area contributed by atoms with Gasteiger partial charge in [-0.15, -0.1) is 0 Å². The maximum absolute atomic E-state index is 13.0. The fourth-order valence-electron chi connectivity index (χ4n) is 10.6. The van der Waals surface area contributed by atoms with E-state index in [4.69, 9.17) is 37.0 Å². The van der Waals surface area contributed by atoms with E-state index < -0.39 is 97.5 Å². The van der Waals surface area contributed by atoms with E-state index in [0.29, 0.717) is 37.5 Å². The van der Waals surface area contributed by atoms with Gasteiger partial charge in [0.2, 0.25) is 0 Å². The van der Waals surface area contributed by atoms with Gasteiger partial charge >= 0.3 is 39.5 Å². The highest BCUT2D eigenvalue weighted by molar-refractivity contribution is 7.47. The number of carbonyl (C=O) groups excluding carboxylic acids is 4. The Balaban J connectivity index is 5.10. The number of rotatable bonds is 68. The number of carbonyl (C=O) groups is 4. The molecule has 0 heterocycles. The highest BCUT2D eigenvalue weighted by Crippen LogP contribution is 2.45. The van der Waals surface area contributed by atoms with E-state index in [1.165, 1.54) is 148 Å². The van der Waals surface area contributed by atoms with Crippen molar-refractivity contribution in [3.8, 4) is 0 Å². The van der Waals surface area contributed by atoms with Crippen LogP contribution in [-0.4, -0.2) is 96.7 Å². The van der Waals surface area contributed by atoms with E-state index in [9.17, 15) is 43.2 Å². The summed E-state index contributed by atoms with van der Waals surface area (Å²) in [5.74, 6) is 0.782. The van der Waals surface area contributed by atoms with Crippen LogP contribution in [0.5, 0.6) is 0 Å². The maximum atomic E-state index is 13.0. The van der Waals surface area contributed by atoms with E-state index in [2.05, 4.69) is 55.4 Å². The quantitative estimate of drug-likeness (QED) is 0.0222. The second-order valence-electron chi connectivity index (χ2n) is 27.3. The zero-order valence-electron chi connectivity index (χ0n) is 58.8. The molecule has 0 rings (SSSR count). The van der Waals surface area contributed by atoms with Crippen LogP contribution in [0, 0.1) is 23.7 Å². The molecule has 3 unspecified atom stereocenters. The maximum Gasteiger partial charge on any atom is 0.472 e. The Morgan fingerprint density at radius 2 is 0.533 bits per heavy atom. The van der Waals surface area contributed by atoms with Crippen molar-refractivity contribution < 1.29 is 80.2 Å². The van der Waals surface area contributed by atoms with Gasteiger partial charge in [0.1, 0.15) is 19.3 Å². The Kier molecular flexibility index (Phi) is 59.4. The largest absolute Gasteiger partial charge is 0.472 e. The SMILES string of the molecule is CCC(C)CCCCCCCCC(=O)OC[C@H](COP(=O)(O)OC[C@H](O)COP(=O)(O)OC[C@@H](COC(=O)CCCCCCCCCCCCCCCCCCCCC(C)C)OC(=O)CCCCCCCCC(C)C)OC(=O)CCCCCCCCCC(C)C. The molecule has 0 aliphatic heterocycles. The fourth-order valence-corrected chi connectivity index (χ4v) is 12.2. The number of phosphoric ester groups is 2. The van der Waals surface area contributed by atoms with Crippen LogP contribution in [0.15, 0.2) is 0 Å². The van der Waals surface area contributed by atoms with Gasteiger partial charge in [0.05, 0.1) is 26.4 Å². The van der Waals surface area contributed by atoms with E-state index in [-0.39, 0.29) is 25.7 Å². The van der Waals surface area contributed by atoms with Crippen molar-refractivity contribution >= 4 is 39.5 Å². The van der Waals surface area contributed by atoms with Crippen molar-refractivity contribution in [1.29, 1.82) is 0 Å². The normalized spacial score (nSPS) is 14.6. The van der Waals surface area contributed by atoms with Crippen LogP contribution in [0.25, 0.3) is 0 Å². The molecular weight excluding hydrogens is 1190 g/mol. The minimum absolute atomic E-state index is 0.102. The van der Waals surface area contributed by atoms with E-state index in [0.717, 1.165) is 108 Å². The molecule has 534 valence electrons.